The van der Waals surface area contributed by atoms with Crippen LogP contribution in [0.1, 0.15) is 32.3 Å². The second kappa shape index (κ2) is 7.25. The maximum atomic E-state index is 12.5. The Morgan fingerprint density at radius 1 is 1.41 bits per heavy atom. The van der Waals surface area contributed by atoms with Crippen molar-refractivity contribution in [1.82, 2.24) is 4.90 Å². The first kappa shape index (κ1) is 16.3. The first-order valence-electron chi connectivity index (χ1n) is 7.82. The Morgan fingerprint density at radius 2 is 2.14 bits per heavy atom. The molecule has 1 aliphatic rings. The number of carbonyl (C=O) groups excluding carboxylic acids is 2. The van der Waals surface area contributed by atoms with E-state index in [-0.39, 0.29) is 11.8 Å². The number of carbonyl (C=O) groups is 2. The van der Waals surface area contributed by atoms with Crippen molar-refractivity contribution in [3.63, 3.8) is 0 Å². The normalized spacial score (nSPS) is 17.0. The van der Waals surface area contributed by atoms with Gasteiger partial charge >= 0.3 is 0 Å². The van der Waals surface area contributed by atoms with E-state index >= 15 is 0 Å². The lowest BCUT2D eigenvalue weighted by atomic mass is 9.92. The van der Waals surface area contributed by atoms with Crippen LogP contribution >= 0.6 is 0 Å². The van der Waals surface area contributed by atoms with Gasteiger partial charge in [-0.25, -0.2) is 0 Å². The van der Waals surface area contributed by atoms with E-state index in [2.05, 4.69) is 25.7 Å². The van der Waals surface area contributed by atoms with Crippen LogP contribution in [0.3, 0.4) is 0 Å². The van der Waals surface area contributed by atoms with Crippen molar-refractivity contribution in [2.75, 3.05) is 11.9 Å². The van der Waals surface area contributed by atoms with Crippen molar-refractivity contribution in [3.05, 3.63) is 42.5 Å². The second-order valence-corrected chi connectivity index (χ2v) is 6.19. The number of hydrogen-bond acceptors (Lipinski definition) is 2. The molecule has 1 unspecified atom stereocenters. The summed E-state index contributed by atoms with van der Waals surface area (Å²) >= 11 is 0. The van der Waals surface area contributed by atoms with Crippen molar-refractivity contribution in [2.24, 2.45) is 5.92 Å². The minimum absolute atomic E-state index is 0.136. The lowest BCUT2D eigenvalue weighted by molar-refractivity contribution is -0.138. The molecule has 1 N–H and O–H groups in total. The van der Waals surface area contributed by atoms with E-state index in [0.717, 1.165) is 24.9 Å². The van der Waals surface area contributed by atoms with Gasteiger partial charge in [0.1, 0.15) is 0 Å². The number of nitrogens with one attached hydrogen (secondary N) is 1. The Bertz CT molecular complexity index is 566. The minimum Gasteiger partial charge on any atom is -0.339 e. The van der Waals surface area contributed by atoms with Gasteiger partial charge in [0.2, 0.25) is 11.8 Å². The van der Waals surface area contributed by atoms with Crippen molar-refractivity contribution >= 4 is 17.5 Å². The third-order valence-electron chi connectivity index (χ3n) is 4.01. The maximum absolute atomic E-state index is 12.5. The third-order valence-corrected chi connectivity index (χ3v) is 4.01. The summed E-state index contributed by atoms with van der Waals surface area (Å²) in [5, 5.41) is 2.76. The summed E-state index contributed by atoms with van der Waals surface area (Å²) in [6.07, 6.45) is 3.70. The van der Waals surface area contributed by atoms with E-state index in [1.165, 1.54) is 6.08 Å². The average molecular weight is 300 g/mol. The quantitative estimate of drug-likeness (QED) is 0.821. The van der Waals surface area contributed by atoms with Crippen molar-refractivity contribution in [2.45, 2.75) is 39.2 Å². The van der Waals surface area contributed by atoms with Crippen molar-refractivity contribution in [1.29, 1.82) is 0 Å². The number of benzene rings is 1. The van der Waals surface area contributed by atoms with Gasteiger partial charge in [0.15, 0.2) is 0 Å². The van der Waals surface area contributed by atoms with Crippen LogP contribution in [0.4, 0.5) is 5.69 Å². The average Bonchev–Trinajstić information content (AvgIpc) is 2.45. The number of nitrogens with zero attached hydrogens (tertiary/aromatic N) is 1. The summed E-state index contributed by atoms with van der Waals surface area (Å²) in [6, 6.07) is 7.80. The fraction of sp³-hybridized carbons (Fsp3) is 0.444. The first-order valence-corrected chi connectivity index (χ1v) is 7.82. The van der Waals surface area contributed by atoms with E-state index in [4.69, 9.17) is 0 Å². The van der Waals surface area contributed by atoms with Crippen LogP contribution in [0.25, 0.3) is 0 Å². The van der Waals surface area contributed by atoms with Gasteiger partial charge in [-0.3, -0.25) is 9.59 Å². The van der Waals surface area contributed by atoms with Gasteiger partial charge < -0.3 is 10.2 Å². The third kappa shape index (κ3) is 3.97. The molecule has 0 spiro atoms. The summed E-state index contributed by atoms with van der Waals surface area (Å²) in [4.78, 5) is 25.9. The maximum Gasteiger partial charge on any atom is 0.247 e. The molecule has 1 aromatic rings. The number of amides is 2. The molecule has 0 aliphatic carbocycles. The fourth-order valence-electron chi connectivity index (χ4n) is 2.80. The highest BCUT2D eigenvalue weighted by atomic mass is 16.2. The highest BCUT2D eigenvalue weighted by Gasteiger charge is 2.32. The van der Waals surface area contributed by atoms with E-state index in [0.29, 0.717) is 24.1 Å². The molecule has 1 saturated heterocycles. The molecule has 22 heavy (non-hydrogen) atoms. The Kier molecular flexibility index (Phi) is 5.36. The molecule has 0 radical (unpaired) electrons. The molecule has 4 heteroatoms. The number of rotatable bonds is 6. The molecule has 0 aromatic heterocycles. The molecule has 118 valence electrons. The SMILES string of the molecule is C=CC(=O)Nc1ccccc1CC(=O)N1CCC1CC(C)C. The highest BCUT2D eigenvalue weighted by molar-refractivity contribution is 5.99. The van der Waals surface area contributed by atoms with Crippen molar-refractivity contribution in [3.8, 4) is 0 Å². The minimum atomic E-state index is -0.262. The summed E-state index contributed by atoms with van der Waals surface area (Å²) < 4.78 is 0. The largest absolute Gasteiger partial charge is 0.339 e. The molecule has 2 amide bonds. The summed E-state index contributed by atoms with van der Waals surface area (Å²) in [7, 11) is 0. The van der Waals surface area contributed by atoms with E-state index in [1.807, 2.05) is 29.2 Å². The van der Waals surface area contributed by atoms with Crippen LogP contribution in [0.2, 0.25) is 0 Å². The predicted octanol–water partition coefficient (Wildman–Crippen LogP) is 3.00. The molecule has 1 atom stereocenters. The molecular formula is C18H24N2O2. The summed E-state index contributed by atoms with van der Waals surface area (Å²) in [5.74, 6) is 0.471. The number of likely N-dealkylation sites (tertiary alicyclic amines) is 1. The van der Waals surface area contributed by atoms with Crippen LogP contribution in [-0.4, -0.2) is 29.3 Å². The molecule has 0 bridgehead atoms. The van der Waals surface area contributed by atoms with E-state index in [9.17, 15) is 9.59 Å². The Morgan fingerprint density at radius 3 is 2.73 bits per heavy atom. The monoisotopic (exact) mass is 300 g/mol. The highest BCUT2D eigenvalue weighted by Crippen LogP contribution is 2.26. The standard InChI is InChI=1S/C18H24N2O2/c1-4-17(21)19-16-8-6-5-7-14(16)12-18(22)20-10-9-15(20)11-13(2)3/h4-8,13,15H,1,9-12H2,2-3H3,(H,19,21). The Labute approximate surface area is 132 Å². The molecule has 2 rings (SSSR count). The molecular weight excluding hydrogens is 276 g/mol. The van der Waals surface area contributed by atoms with Gasteiger partial charge in [-0.05, 0) is 36.5 Å². The molecule has 0 saturated carbocycles. The smallest absolute Gasteiger partial charge is 0.247 e. The molecule has 1 aromatic carbocycles. The molecule has 1 aliphatic heterocycles. The molecule has 4 nitrogen and oxygen atoms in total. The lowest BCUT2D eigenvalue weighted by Crippen LogP contribution is -2.52. The van der Waals surface area contributed by atoms with Gasteiger partial charge in [0.05, 0.1) is 6.42 Å². The van der Waals surface area contributed by atoms with Crippen molar-refractivity contribution < 1.29 is 9.59 Å². The van der Waals surface area contributed by atoms with Gasteiger partial charge in [-0.15, -0.1) is 0 Å². The second-order valence-electron chi connectivity index (χ2n) is 6.19. The lowest BCUT2D eigenvalue weighted by Gasteiger charge is -2.42. The number of anilines is 1. The Hall–Kier alpha value is -2.10. The first-order chi connectivity index (χ1) is 10.5. The van der Waals surface area contributed by atoms with Gasteiger partial charge in [0.25, 0.3) is 0 Å². The van der Waals surface area contributed by atoms with Gasteiger partial charge in [-0.2, -0.15) is 0 Å². The topological polar surface area (TPSA) is 49.4 Å². The number of para-hydroxylation sites is 1. The van der Waals surface area contributed by atoms with Crippen LogP contribution in [0.5, 0.6) is 0 Å². The zero-order valence-corrected chi connectivity index (χ0v) is 13.3. The summed E-state index contributed by atoms with van der Waals surface area (Å²) in [6.45, 7) is 8.66. The fourth-order valence-corrected chi connectivity index (χ4v) is 2.80. The van der Waals surface area contributed by atoms with Crippen LogP contribution in [0.15, 0.2) is 36.9 Å². The number of hydrogen-bond donors (Lipinski definition) is 1. The van der Waals surface area contributed by atoms with Gasteiger partial charge in [0, 0.05) is 18.3 Å². The van der Waals surface area contributed by atoms with Crippen LogP contribution < -0.4 is 5.32 Å². The van der Waals surface area contributed by atoms with Gasteiger partial charge in [-0.1, -0.05) is 38.6 Å². The van der Waals surface area contributed by atoms with Crippen LogP contribution in [-0.2, 0) is 16.0 Å². The Balaban J connectivity index is 2.02. The predicted molar refractivity (Wildman–Crippen MR) is 88.5 cm³/mol. The zero-order valence-electron chi connectivity index (χ0n) is 13.3. The molecule has 1 heterocycles. The molecule has 1 fully saturated rings. The van der Waals surface area contributed by atoms with E-state index in [1.54, 1.807) is 0 Å². The zero-order chi connectivity index (χ0) is 16.1. The van der Waals surface area contributed by atoms with E-state index < -0.39 is 0 Å². The summed E-state index contributed by atoms with van der Waals surface area (Å²) in [5.41, 5.74) is 1.53. The van der Waals surface area contributed by atoms with Crippen LogP contribution in [0, 0.1) is 5.92 Å².